The van der Waals surface area contributed by atoms with Crippen LogP contribution in [-0.4, -0.2) is 26.7 Å². The molecule has 0 saturated heterocycles. The molecule has 0 atom stereocenters. The lowest BCUT2D eigenvalue weighted by molar-refractivity contribution is 0.301. The SMILES string of the molecule is Nc1cc(Cl)sc1S(=O)(=O)NCCO. The van der Waals surface area contributed by atoms with Crippen LogP contribution in [0.15, 0.2) is 10.3 Å². The van der Waals surface area contributed by atoms with E-state index in [1.54, 1.807) is 0 Å². The van der Waals surface area contributed by atoms with Gasteiger partial charge in [-0.05, 0) is 6.07 Å². The number of halogens is 1. The topological polar surface area (TPSA) is 92.4 Å². The Hall–Kier alpha value is -0.340. The Bertz CT molecular complexity index is 415. The predicted octanol–water partition coefficient (Wildman–Crippen LogP) is 0.254. The summed E-state index contributed by atoms with van der Waals surface area (Å²) >= 11 is 6.48. The van der Waals surface area contributed by atoms with Crippen LogP contribution >= 0.6 is 22.9 Å². The summed E-state index contributed by atoms with van der Waals surface area (Å²) in [5.74, 6) is 0. The average molecular weight is 257 g/mol. The van der Waals surface area contributed by atoms with Crippen molar-refractivity contribution in [3.05, 3.63) is 10.4 Å². The van der Waals surface area contributed by atoms with E-state index in [4.69, 9.17) is 22.4 Å². The Morgan fingerprint density at radius 1 is 1.64 bits per heavy atom. The minimum absolute atomic E-state index is 0.0176. The number of anilines is 1. The van der Waals surface area contributed by atoms with Crippen LogP contribution in [0.4, 0.5) is 5.69 Å². The first-order valence-electron chi connectivity index (χ1n) is 3.62. The molecule has 0 unspecified atom stereocenters. The van der Waals surface area contributed by atoms with Gasteiger partial charge in [0.2, 0.25) is 0 Å². The molecule has 0 fully saturated rings. The highest BCUT2D eigenvalue weighted by molar-refractivity contribution is 7.91. The van der Waals surface area contributed by atoms with Gasteiger partial charge in [0, 0.05) is 6.54 Å². The van der Waals surface area contributed by atoms with Gasteiger partial charge >= 0.3 is 0 Å². The van der Waals surface area contributed by atoms with Gasteiger partial charge in [-0.1, -0.05) is 11.6 Å². The number of sulfonamides is 1. The molecule has 1 heterocycles. The molecule has 0 spiro atoms. The summed E-state index contributed by atoms with van der Waals surface area (Å²) < 4.78 is 25.4. The van der Waals surface area contributed by atoms with Crippen molar-refractivity contribution in [2.24, 2.45) is 0 Å². The standard InChI is InChI=1S/C6H9ClN2O3S2/c7-5-3-4(8)6(13-5)14(11,12)9-1-2-10/h3,9-10H,1-2,8H2. The molecule has 1 rings (SSSR count). The molecule has 0 aliphatic rings. The number of aliphatic hydroxyl groups is 1. The van der Waals surface area contributed by atoms with E-state index in [-0.39, 0.29) is 23.0 Å². The highest BCUT2D eigenvalue weighted by Gasteiger charge is 2.19. The van der Waals surface area contributed by atoms with E-state index >= 15 is 0 Å². The number of thiophene rings is 1. The highest BCUT2D eigenvalue weighted by Crippen LogP contribution is 2.32. The average Bonchev–Trinajstić information content (AvgIpc) is 2.42. The van der Waals surface area contributed by atoms with Crippen molar-refractivity contribution in [2.45, 2.75) is 4.21 Å². The van der Waals surface area contributed by atoms with Gasteiger partial charge in [0.25, 0.3) is 10.0 Å². The second-order valence-corrected chi connectivity index (χ2v) is 6.06. The molecule has 0 aliphatic heterocycles. The van der Waals surface area contributed by atoms with Crippen LogP contribution in [0, 0.1) is 0 Å². The molecule has 0 aromatic carbocycles. The summed E-state index contributed by atoms with van der Waals surface area (Å²) in [5, 5.41) is 8.47. The Morgan fingerprint density at radius 3 is 2.71 bits per heavy atom. The molecular formula is C6H9ClN2O3S2. The zero-order valence-electron chi connectivity index (χ0n) is 7.03. The fourth-order valence-electron chi connectivity index (χ4n) is 0.814. The smallest absolute Gasteiger partial charge is 0.252 e. The van der Waals surface area contributed by atoms with E-state index in [0.29, 0.717) is 4.34 Å². The molecule has 14 heavy (non-hydrogen) atoms. The van der Waals surface area contributed by atoms with Crippen LogP contribution in [0.1, 0.15) is 0 Å². The molecule has 8 heteroatoms. The van der Waals surface area contributed by atoms with Gasteiger partial charge in [-0.3, -0.25) is 0 Å². The second-order valence-electron chi connectivity index (χ2n) is 2.41. The van der Waals surface area contributed by atoms with Crippen molar-refractivity contribution in [3.8, 4) is 0 Å². The fraction of sp³-hybridized carbons (Fsp3) is 0.333. The number of aliphatic hydroxyl groups excluding tert-OH is 1. The van der Waals surface area contributed by atoms with E-state index in [0.717, 1.165) is 11.3 Å². The van der Waals surface area contributed by atoms with E-state index in [1.807, 2.05) is 0 Å². The zero-order valence-corrected chi connectivity index (χ0v) is 9.42. The summed E-state index contributed by atoms with van der Waals surface area (Å²) in [6.45, 7) is -0.310. The molecule has 80 valence electrons. The third-order valence-electron chi connectivity index (χ3n) is 1.34. The van der Waals surface area contributed by atoms with E-state index in [9.17, 15) is 8.42 Å². The lowest BCUT2D eigenvalue weighted by atomic mass is 10.6. The Kier molecular flexibility index (Phi) is 3.73. The molecule has 0 amide bonds. The Morgan fingerprint density at radius 2 is 2.29 bits per heavy atom. The first-order valence-corrected chi connectivity index (χ1v) is 6.30. The quantitative estimate of drug-likeness (QED) is 0.720. The molecule has 0 saturated carbocycles. The summed E-state index contributed by atoms with van der Waals surface area (Å²) in [5.41, 5.74) is 5.56. The monoisotopic (exact) mass is 256 g/mol. The van der Waals surface area contributed by atoms with Crippen LogP contribution in [0.2, 0.25) is 4.34 Å². The molecule has 5 nitrogen and oxygen atoms in total. The molecule has 0 aliphatic carbocycles. The maximum absolute atomic E-state index is 11.5. The molecule has 4 N–H and O–H groups in total. The normalized spacial score (nSPS) is 11.9. The first-order chi connectivity index (χ1) is 6.47. The predicted molar refractivity (Wildman–Crippen MR) is 56.0 cm³/mol. The number of nitrogens with one attached hydrogen (secondary N) is 1. The lowest BCUT2D eigenvalue weighted by Gasteiger charge is -2.02. The number of nitrogen functional groups attached to an aromatic ring is 1. The largest absolute Gasteiger partial charge is 0.397 e. The maximum Gasteiger partial charge on any atom is 0.252 e. The van der Waals surface area contributed by atoms with E-state index < -0.39 is 10.0 Å². The summed E-state index contributed by atoms with van der Waals surface area (Å²) in [6.07, 6.45) is 0. The Labute approximate surface area is 90.5 Å². The van der Waals surface area contributed by atoms with Gasteiger partial charge < -0.3 is 10.8 Å². The third kappa shape index (κ3) is 2.58. The third-order valence-corrected chi connectivity index (χ3v) is 4.63. The summed E-state index contributed by atoms with van der Waals surface area (Å²) in [6, 6.07) is 1.37. The van der Waals surface area contributed by atoms with Crippen LogP contribution in [0.3, 0.4) is 0 Å². The molecule has 0 radical (unpaired) electrons. The van der Waals surface area contributed by atoms with E-state index in [1.165, 1.54) is 6.07 Å². The number of hydrogen-bond donors (Lipinski definition) is 3. The Balaban J connectivity index is 2.98. The number of nitrogens with two attached hydrogens (primary N) is 1. The van der Waals surface area contributed by atoms with Crippen LogP contribution < -0.4 is 10.5 Å². The highest BCUT2D eigenvalue weighted by atomic mass is 35.5. The van der Waals surface area contributed by atoms with Gasteiger partial charge in [-0.2, -0.15) is 0 Å². The minimum Gasteiger partial charge on any atom is -0.397 e. The number of rotatable bonds is 4. The van der Waals surface area contributed by atoms with Crippen molar-refractivity contribution in [1.29, 1.82) is 0 Å². The van der Waals surface area contributed by atoms with Gasteiger partial charge in [0.15, 0.2) is 4.21 Å². The lowest BCUT2D eigenvalue weighted by Crippen LogP contribution is -2.26. The van der Waals surface area contributed by atoms with Crippen LogP contribution in [0.25, 0.3) is 0 Å². The van der Waals surface area contributed by atoms with Crippen molar-refractivity contribution < 1.29 is 13.5 Å². The van der Waals surface area contributed by atoms with Gasteiger partial charge in [-0.25, -0.2) is 13.1 Å². The summed E-state index contributed by atoms with van der Waals surface area (Å²) in [7, 11) is -3.63. The van der Waals surface area contributed by atoms with Crippen LogP contribution in [0.5, 0.6) is 0 Å². The van der Waals surface area contributed by atoms with Gasteiger partial charge in [0.05, 0.1) is 16.6 Å². The molecule has 0 bridgehead atoms. The van der Waals surface area contributed by atoms with Crippen LogP contribution in [-0.2, 0) is 10.0 Å². The molecule has 1 aromatic heterocycles. The minimum atomic E-state index is -3.63. The number of hydrogen-bond acceptors (Lipinski definition) is 5. The van der Waals surface area contributed by atoms with E-state index in [2.05, 4.69) is 4.72 Å². The van der Waals surface area contributed by atoms with Crippen molar-refractivity contribution in [1.82, 2.24) is 4.72 Å². The zero-order chi connectivity index (χ0) is 10.8. The fourth-order valence-corrected chi connectivity index (χ4v) is 3.58. The second kappa shape index (κ2) is 4.45. The van der Waals surface area contributed by atoms with Crippen molar-refractivity contribution in [2.75, 3.05) is 18.9 Å². The van der Waals surface area contributed by atoms with Crippen molar-refractivity contribution in [3.63, 3.8) is 0 Å². The van der Waals surface area contributed by atoms with Gasteiger partial charge in [0.1, 0.15) is 0 Å². The summed E-state index contributed by atoms with van der Waals surface area (Å²) in [4.78, 5) is 0. The first kappa shape index (κ1) is 11.7. The molecular weight excluding hydrogens is 248 g/mol. The molecule has 1 aromatic rings. The van der Waals surface area contributed by atoms with Gasteiger partial charge in [-0.15, -0.1) is 11.3 Å². The maximum atomic E-state index is 11.5. The van der Waals surface area contributed by atoms with Crippen molar-refractivity contribution >= 4 is 38.6 Å².